The minimum absolute atomic E-state index is 0.0434. The summed E-state index contributed by atoms with van der Waals surface area (Å²) in [7, 11) is 0. The van der Waals surface area contributed by atoms with Gasteiger partial charge in [-0.3, -0.25) is 0 Å². The highest BCUT2D eigenvalue weighted by atomic mass is 16.6. The van der Waals surface area contributed by atoms with Crippen LogP contribution in [0, 0.1) is 0 Å². The van der Waals surface area contributed by atoms with Gasteiger partial charge in [-0.2, -0.15) is 0 Å². The van der Waals surface area contributed by atoms with Crippen molar-refractivity contribution >= 4 is 0 Å². The summed E-state index contributed by atoms with van der Waals surface area (Å²) in [6.45, 7) is 23.9. The predicted molar refractivity (Wildman–Crippen MR) is 209 cm³/mol. The van der Waals surface area contributed by atoms with E-state index in [0.29, 0.717) is 59.5 Å². The first-order valence-corrected chi connectivity index (χ1v) is 20.2. The third-order valence-electron chi connectivity index (χ3n) is 8.41. The van der Waals surface area contributed by atoms with Crippen LogP contribution in [0.4, 0.5) is 0 Å². The molecule has 9 unspecified atom stereocenters. The lowest BCUT2D eigenvalue weighted by molar-refractivity contribution is -0.110. The molecule has 1 rings (SSSR count). The van der Waals surface area contributed by atoms with Crippen LogP contribution in [0.25, 0.3) is 0 Å². The first-order valence-electron chi connectivity index (χ1n) is 20.2. The molecule has 0 heterocycles. The van der Waals surface area contributed by atoms with Gasteiger partial charge in [0.1, 0.15) is 12.4 Å². The fourth-order valence-corrected chi connectivity index (χ4v) is 5.04. The summed E-state index contributed by atoms with van der Waals surface area (Å²) < 4.78 is 52.9. The highest BCUT2D eigenvalue weighted by Crippen LogP contribution is 2.16. The summed E-state index contributed by atoms with van der Waals surface area (Å²) in [5.41, 5.74) is 1.38. The molecule has 0 amide bonds. The van der Waals surface area contributed by atoms with Crippen molar-refractivity contribution in [3.8, 4) is 5.75 Å². The molecule has 0 fully saturated rings. The Labute approximate surface area is 317 Å². The molecule has 0 saturated heterocycles. The number of ether oxygens (including phenoxy) is 9. The molecule has 10 heteroatoms. The molecule has 0 aliphatic rings. The van der Waals surface area contributed by atoms with Crippen molar-refractivity contribution in [2.24, 2.45) is 0 Å². The van der Waals surface area contributed by atoms with Crippen molar-refractivity contribution < 1.29 is 47.7 Å². The van der Waals surface area contributed by atoms with Gasteiger partial charge in [0.15, 0.2) is 0 Å². The van der Waals surface area contributed by atoms with E-state index in [9.17, 15) is 5.11 Å². The van der Waals surface area contributed by atoms with Crippen LogP contribution >= 0.6 is 0 Å². The van der Waals surface area contributed by atoms with E-state index in [1.807, 2.05) is 55.4 Å². The SMILES string of the molecule is CCCCCCCCCc1ccc(OCC(C)OCC(C)OCC(C)OCC(C)OCC(C)OCC(C)OCC(C)OCC(C)OCC(C)O)cc1. The lowest BCUT2D eigenvalue weighted by Crippen LogP contribution is -2.30. The summed E-state index contributed by atoms with van der Waals surface area (Å²) in [4.78, 5) is 0. The van der Waals surface area contributed by atoms with Crippen LogP contribution in [0.5, 0.6) is 5.75 Å². The van der Waals surface area contributed by atoms with Crippen molar-refractivity contribution in [1.82, 2.24) is 0 Å². The molecule has 52 heavy (non-hydrogen) atoms. The molecule has 0 spiro atoms. The zero-order valence-corrected chi connectivity index (χ0v) is 34.6. The lowest BCUT2D eigenvalue weighted by atomic mass is 10.0. The Morgan fingerprint density at radius 1 is 0.404 bits per heavy atom. The maximum Gasteiger partial charge on any atom is 0.119 e. The van der Waals surface area contributed by atoms with E-state index >= 15 is 0 Å². The van der Waals surface area contributed by atoms with Crippen LogP contribution in [-0.2, 0) is 44.3 Å². The van der Waals surface area contributed by atoms with Gasteiger partial charge in [-0.15, -0.1) is 0 Å². The summed E-state index contributed by atoms with van der Waals surface area (Å²) in [6.07, 6.45) is 9.44. The van der Waals surface area contributed by atoms with Gasteiger partial charge in [0.2, 0.25) is 0 Å². The summed E-state index contributed by atoms with van der Waals surface area (Å²) in [6, 6.07) is 8.49. The van der Waals surface area contributed by atoms with Crippen molar-refractivity contribution in [1.29, 1.82) is 0 Å². The van der Waals surface area contributed by atoms with Crippen LogP contribution < -0.4 is 4.74 Å². The largest absolute Gasteiger partial charge is 0.491 e. The Balaban J connectivity index is 2.08. The zero-order chi connectivity index (χ0) is 38.6. The topological polar surface area (TPSA) is 103 Å². The molecular formula is C42H78O10. The van der Waals surface area contributed by atoms with Crippen LogP contribution in [0.3, 0.4) is 0 Å². The first kappa shape index (κ1) is 48.7. The maximum absolute atomic E-state index is 9.32. The molecule has 9 atom stereocenters. The van der Waals surface area contributed by atoms with Crippen molar-refractivity contribution in [2.45, 2.75) is 176 Å². The highest BCUT2D eigenvalue weighted by Gasteiger charge is 2.15. The molecule has 0 saturated carbocycles. The summed E-state index contributed by atoms with van der Waals surface area (Å²) in [5, 5.41) is 9.32. The quantitative estimate of drug-likeness (QED) is 0.0689. The Bertz CT molecular complexity index is 932. The van der Waals surface area contributed by atoms with E-state index in [2.05, 4.69) is 31.2 Å². The molecule has 1 aromatic carbocycles. The van der Waals surface area contributed by atoms with Crippen LogP contribution in [0.1, 0.15) is 120 Å². The van der Waals surface area contributed by atoms with Gasteiger partial charge in [-0.1, -0.05) is 57.6 Å². The Morgan fingerprint density at radius 2 is 0.712 bits per heavy atom. The van der Waals surface area contributed by atoms with Gasteiger partial charge in [0.05, 0.1) is 108 Å². The van der Waals surface area contributed by atoms with E-state index in [0.717, 1.165) is 12.2 Å². The number of aliphatic hydroxyl groups excluding tert-OH is 1. The lowest BCUT2D eigenvalue weighted by Gasteiger charge is -2.23. The third kappa shape index (κ3) is 28.2. The molecule has 306 valence electrons. The van der Waals surface area contributed by atoms with Crippen molar-refractivity contribution in [3.63, 3.8) is 0 Å². The molecule has 0 aromatic heterocycles. The minimum Gasteiger partial charge on any atom is -0.491 e. The fraction of sp³-hybridized carbons (Fsp3) is 0.857. The molecule has 1 aromatic rings. The monoisotopic (exact) mass is 743 g/mol. The number of unbranched alkanes of at least 4 members (excludes halogenated alkanes) is 6. The number of aliphatic hydroxyl groups is 1. The van der Waals surface area contributed by atoms with E-state index in [4.69, 9.17) is 42.6 Å². The van der Waals surface area contributed by atoms with Gasteiger partial charge >= 0.3 is 0 Å². The highest BCUT2D eigenvalue weighted by molar-refractivity contribution is 5.27. The zero-order valence-electron chi connectivity index (χ0n) is 34.6. The van der Waals surface area contributed by atoms with E-state index in [-0.39, 0.29) is 48.8 Å². The molecule has 0 aliphatic heterocycles. The average molecular weight is 743 g/mol. The Hall–Kier alpha value is -1.34. The average Bonchev–Trinajstić information content (AvgIpc) is 3.13. The van der Waals surface area contributed by atoms with Gasteiger partial charge < -0.3 is 47.7 Å². The number of benzene rings is 1. The number of aryl methyl sites for hydroxylation is 1. The van der Waals surface area contributed by atoms with Crippen LogP contribution in [0.2, 0.25) is 0 Å². The molecule has 0 aliphatic carbocycles. The van der Waals surface area contributed by atoms with Crippen LogP contribution in [0.15, 0.2) is 24.3 Å². The number of hydrogen-bond acceptors (Lipinski definition) is 10. The van der Waals surface area contributed by atoms with E-state index in [1.54, 1.807) is 6.92 Å². The predicted octanol–water partition coefficient (Wildman–Crippen LogP) is 7.98. The second-order valence-corrected chi connectivity index (χ2v) is 14.8. The third-order valence-corrected chi connectivity index (χ3v) is 8.41. The number of rotatable bonds is 35. The standard InChI is InChI=1S/C42H78O10/c1-11-12-13-14-15-16-17-18-41-19-21-42(22-20-41)52-31-40(10)51-30-39(9)50-29-38(8)49-28-37(7)48-27-36(6)47-26-35(5)46-25-34(4)45-24-33(3)44-23-32(2)43/h19-22,32-40,43H,11-18,23-31H2,1-10H3. The van der Waals surface area contributed by atoms with Crippen molar-refractivity contribution in [2.75, 3.05) is 59.5 Å². The minimum atomic E-state index is -0.483. The van der Waals surface area contributed by atoms with Gasteiger partial charge in [-0.25, -0.2) is 0 Å². The second-order valence-electron chi connectivity index (χ2n) is 14.8. The molecular weight excluding hydrogens is 664 g/mol. The molecule has 0 bridgehead atoms. The molecule has 10 nitrogen and oxygen atoms in total. The first-order chi connectivity index (χ1) is 24.9. The van der Waals surface area contributed by atoms with Crippen LogP contribution in [-0.4, -0.2) is 120 Å². The molecule has 0 radical (unpaired) electrons. The number of hydrogen-bond donors (Lipinski definition) is 1. The van der Waals surface area contributed by atoms with E-state index in [1.165, 1.54) is 50.5 Å². The van der Waals surface area contributed by atoms with Crippen molar-refractivity contribution in [3.05, 3.63) is 29.8 Å². The molecule has 1 N–H and O–H groups in total. The van der Waals surface area contributed by atoms with Gasteiger partial charge in [0, 0.05) is 0 Å². The second kappa shape index (κ2) is 30.9. The fourth-order valence-electron chi connectivity index (χ4n) is 5.04. The summed E-state index contributed by atoms with van der Waals surface area (Å²) in [5.74, 6) is 0.879. The maximum atomic E-state index is 9.32. The smallest absolute Gasteiger partial charge is 0.119 e. The van der Waals surface area contributed by atoms with Gasteiger partial charge in [0.25, 0.3) is 0 Å². The van der Waals surface area contributed by atoms with Gasteiger partial charge in [-0.05, 0) is 92.9 Å². The van der Waals surface area contributed by atoms with E-state index < -0.39 is 6.10 Å². The summed E-state index contributed by atoms with van der Waals surface area (Å²) >= 11 is 0. The Kier molecular flexibility index (Phi) is 29.0. The normalized spacial score (nSPS) is 17.2. The Morgan fingerprint density at radius 3 is 1.06 bits per heavy atom.